The van der Waals surface area contributed by atoms with Gasteiger partial charge in [-0.2, -0.15) is 0 Å². The van der Waals surface area contributed by atoms with Gasteiger partial charge in [-0.3, -0.25) is 5.32 Å². The monoisotopic (exact) mass is 296 g/mol. The molecule has 3 nitrogen and oxygen atoms in total. The smallest absolute Gasteiger partial charge is 0.140 e. The highest BCUT2D eigenvalue weighted by Gasteiger charge is 2.22. The molecule has 1 aliphatic rings. The standard InChI is InChI=1S/C16H28N2OS/c1-4-6-7-13(11(3)5-2)18-16(19)14-8-12-9-17-10-15(12)20-14/h8,11,13,16-19H,4-7,9-10H2,1-3H3. The minimum atomic E-state index is -0.513. The maximum atomic E-state index is 10.5. The van der Waals surface area contributed by atoms with Crippen LogP contribution >= 0.6 is 11.3 Å². The summed E-state index contributed by atoms with van der Waals surface area (Å²) in [5.74, 6) is 0.602. The molecule has 20 heavy (non-hydrogen) atoms. The molecule has 0 aliphatic carbocycles. The van der Waals surface area contributed by atoms with Gasteiger partial charge in [0.15, 0.2) is 0 Å². The molecule has 2 rings (SSSR count). The van der Waals surface area contributed by atoms with E-state index in [1.165, 1.54) is 23.3 Å². The average molecular weight is 296 g/mol. The van der Waals surface area contributed by atoms with Crippen molar-refractivity contribution < 1.29 is 5.11 Å². The van der Waals surface area contributed by atoms with Crippen LogP contribution in [0.25, 0.3) is 0 Å². The van der Waals surface area contributed by atoms with E-state index in [2.05, 4.69) is 37.5 Å². The van der Waals surface area contributed by atoms with Gasteiger partial charge in [0.1, 0.15) is 6.23 Å². The second kappa shape index (κ2) is 7.55. The number of aliphatic hydroxyl groups excluding tert-OH is 1. The zero-order valence-electron chi connectivity index (χ0n) is 12.9. The molecule has 2 heterocycles. The first kappa shape index (κ1) is 16.0. The first-order chi connectivity index (χ1) is 9.65. The van der Waals surface area contributed by atoms with Gasteiger partial charge in [0.25, 0.3) is 0 Å². The van der Waals surface area contributed by atoms with Gasteiger partial charge < -0.3 is 10.4 Å². The van der Waals surface area contributed by atoms with Crippen LogP contribution in [0.15, 0.2) is 6.07 Å². The summed E-state index contributed by atoms with van der Waals surface area (Å²) in [5.41, 5.74) is 1.36. The molecule has 0 aromatic carbocycles. The van der Waals surface area contributed by atoms with Crippen LogP contribution in [0.1, 0.15) is 68.0 Å². The third kappa shape index (κ3) is 3.82. The zero-order chi connectivity index (χ0) is 14.5. The van der Waals surface area contributed by atoms with Crippen molar-refractivity contribution >= 4 is 11.3 Å². The van der Waals surface area contributed by atoms with Crippen LogP contribution < -0.4 is 10.6 Å². The molecule has 0 fully saturated rings. The fourth-order valence-corrected chi connectivity index (χ4v) is 3.86. The van der Waals surface area contributed by atoms with E-state index in [1.54, 1.807) is 11.3 Å². The van der Waals surface area contributed by atoms with E-state index < -0.39 is 6.23 Å². The first-order valence-corrected chi connectivity index (χ1v) is 8.73. The Morgan fingerprint density at radius 3 is 2.85 bits per heavy atom. The van der Waals surface area contributed by atoms with Crippen molar-refractivity contribution in [2.75, 3.05) is 0 Å². The Morgan fingerprint density at radius 1 is 1.40 bits per heavy atom. The minimum absolute atomic E-state index is 0.407. The van der Waals surface area contributed by atoms with Crippen LogP contribution in [0.5, 0.6) is 0 Å². The highest BCUT2D eigenvalue weighted by Crippen LogP contribution is 2.30. The third-order valence-electron chi connectivity index (χ3n) is 4.36. The highest BCUT2D eigenvalue weighted by molar-refractivity contribution is 7.12. The van der Waals surface area contributed by atoms with Gasteiger partial charge in [-0.15, -0.1) is 11.3 Å². The van der Waals surface area contributed by atoms with Gasteiger partial charge in [0.2, 0.25) is 0 Å². The number of unbranched alkanes of at least 4 members (excludes halogenated alkanes) is 1. The Morgan fingerprint density at radius 2 is 2.20 bits per heavy atom. The quantitative estimate of drug-likeness (QED) is 0.643. The van der Waals surface area contributed by atoms with Crippen molar-refractivity contribution in [1.29, 1.82) is 0 Å². The van der Waals surface area contributed by atoms with Gasteiger partial charge in [-0.1, -0.05) is 40.0 Å². The number of thiophene rings is 1. The van der Waals surface area contributed by atoms with Crippen molar-refractivity contribution in [3.05, 3.63) is 21.4 Å². The van der Waals surface area contributed by atoms with Crippen molar-refractivity contribution in [2.45, 2.75) is 71.8 Å². The fraction of sp³-hybridized carbons (Fsp3) is 0.750. The normalized spacial score (nSPS) is 18.8. The highest BCUT2D eigenvalue weighted by atomic mass is 32.1. The largest absolute Gasteiger partial charge is 0.373 e. The molecule has 4 heteroatoms. The molecule has 1 aromatic heterocycles. The summed E-state index contributed by atoms with van der Waals surface area (Å²) in [4.78, 5) is 2.45. The number of nitrogens with one attached hydrogen (secondary N) is 2. The van der Waals surface area contributed by atoms with Gasteiger partial charge in [-0.05, 0) is 24.0 Å². The molecular weight excluding hydrogens is 268 g/mol. The molecule has 114 valence electrons. The molecule has 3 atom stereocenters. The van der Waals surface area contributed by atoms with E-state index in [0.29, 0.717) is 12.0 Å². The van der Waals surface area contributed by atoms with Gasteiger partial charge in [-0.25, -0.2) is 0 Å². The zero-order valence-corrected chi connectivity index (χ0v) is 13.7. The maximum absolute atomic E-state index is 10.5. The van der Waals surface area contributed by atoms with Crippen LogP contribution in [0.3, 0.4) is 0 Å². The van der Waals surface area contributed by atoms with Crippen molar-refractivity contribution in [3.63, 3.8) is 0 Å². The van der Waals surface area contributed by atoms with Gasteiger partial charge >= 0.3 is 0 Å². The van der Waals surface area contributed by atoms with Crippen LogP contribution in [0.4, 0.5) is 0 Å². The lowest BCUT2D eigenvalue weighted by atomic mass is 9.94. The Hall–Kier alpha value is -0.420. The van der Waals surface area contributed by atoms with E-state index in [9.17, 15) is 5.11 Å². The number of rotatable bonds is 8. The average Bonchev–Trinajstić information content (AvgIpc) is 3.03. The van der Waals surface area contributed by atoms with Gasteiger partial charge in [0, 0.05) is 28.9 Å². The summed E-state index contributed by atoms with van der Waals surface area (Å²) in [5, 5.41) is 17.3. The van der Waals surface area contributed by atoms with E-state index >= 15 is 0 Å². The second-order valence-electron chi connectivity index (χ2n) is 5.90. The lowest BCUT2D eigenvalue weighted by molar-refractivity contribution is 0.110. The summed E-state index contributed by atoms with van der Waals surface area (Å²) in [7, 11) is 0. The number of fused-ring (bicyclic) bond motifs is 1. The summed E-state index contributed by atoms with van der Waals surface area (Å²) < 4.78 is 0. The molecule has 3 N–H and O–H groups in total. The molecule has 0 saturated carbocycles. The molecule has 1 aliphatic heterocycles. The third-order valence-corrected chi connectivity index (χ3v) is 5.59. The lowest BCUT2D eigenvalue weighted by Gasteiger charge is -2.27. The van der Waals surface area contributed by atoms with E-state index in [4.69, 9.17) is 0 Å². The predicted octanol–water partition coefficient (Wildman–Crippen LogP) is 3.54. The molecule has 0 bridgehead atoms. The summed E-state index contributed by atoms with van der Waals surface area (Å²) in [6.07, 6.45) is 4.22. The topological polar surface area (TPSA) is 44.3 Å². The first-order valence-electron chi connectivity index (χ1n) is 7.92. The van der Waals surface area contributed by atoms with E-state index in [0.717, 1.165) is 30.8 Å². The molecule has 0 saturated heterocycles. The van der Waals surface area contributed by atoms with E-state index in [1.807, 2.05) is 0 Å². The Balaban J connectivity index is 1.97. The predicted molar refractivity (Wildman–Crippen MR) is 85.7 cm³/mol. The SMILES string of the molecule is CCCCC(NC(O)c1cc2c(s1)CNC2)C(C)CC. The van der Waals surface area contributed by atoms with E-state index in [-0.39, 0.29) is 0 Å². The summed E-state index contributed by atoms with van der Waals surface area (Å²) >= 11 is 1.74. The molecule has 0 spiro atoms. The van der Waals surface area contributed by atoms with Crippen molar-refractivity contribution in [2.24, 2.45) is 5.92 Å². The number of hydrogen-bond donors (Lipinski definition) is 3. The number of hydrogen-bond acceptors (Lipinski definition) is 4. The Labute approximate surface area is 126 Å². The number of aliphatic hydroxyl groups is 1. The van der Waals surface area contributed by atoms with Crippen LogP contribution in [0, 0.1) is 5.92 Å². The maximum Gasteiger partial charge on any atom is 0.140 e. The minimum Gasteiger partial charge on any atom is -0.373 e. The molecule has 1 aromatic rings. The fourth-order valence-electron chi connectivity index (χ4n) is 2.76. The Kier molecular flexibility index (Phi) is 6.02. The Bertz CT molecular complexity index is 397. The summed E-state index contributed by atoms with van der Waals surface area (Å²) in [6, 6.07) is 2.57. The van der Waals surface area contributed by atoms with Crippen molar-refractivity contribution in [1.82, 2.24) is 10.6 Å². The van der Waals surface area contributed by atoms with Crippen molar-refractivity contribution in [3.8, 4) is 0 Å². The second-order valence-corrected chi connectivity index (χ2v) is 7.07. The molecule has 0 amide bonds. The van der Waals surface area contributed by atoms with Crippen LogP contribution in [-0.4, -0.2) is 11.1 Å². The molecular formula is C16H28N2OS. The lowest BCUT2D eigenvalue weighted by Crippen LogP contribution is -2.37. The summed E-state index contributed by atoms with van der Waals surface area (Å²) in [6.45, 7) is 8.63. The van der Waals surface area contributed by atoms with Crippen LogP contribution in [0.2, 0.25) is 0 Å². The van der Waals surface area contributed by atoms with Crippen LogP contribution in [-0.2, 0) is 13.1 Å². The molecule has 0 radical (unpaired) electrons. The van der Waals surface area contributed by atoms with Gasteiger partial charge in [0.05, 0.1) is 0 Å². The molecule has 3 unspecified atom stereocenters.